The first kappa shape index (κ1) is 30.4. The predicted octanol–water partition coefficient (Wildman–Crippen LogP) is 7.59. The van der Waals surface area contributed by atoms with Crippen LogP contribution in [-0.4, -0.2) is 31.3 Å². The molecule has 0 bridgehead atoms. The number of hydrogen-bond acceptors (Lipinski definition) is 5. The van der Waals surface area contributed by atoms with Crippen LogP contribution in [0.15, 0.2) is 67.1 Å². The molecule has 3 aromatic carbocycles. The van der Waals surface area contributed by atoms with Crippen molar-refractivity contribution in [3.8, 4) is 5.69 Å². The number of fused-ring (bicyclic) bond motifs is 1. The average molecular weight is 626 g/mol. The fourth-order valence-electron chi connectivity index (χ4n) is 5.21. The number of imidazole rings is 2. The molecule has 9 nitrogen and oxygen atoms in total. The van der Waals surface area contributed by atoms with E-state index in [4.69, 9.17) is 0 Å². The number of rotatable bonds is 7. The minimum absolute atomic E-state index is 0.152. The number of benzene rings is 3. The lowest BCUT2D eigenvalue weighted by Gasteiger charge is -2.15. The Labute approximate surface area is 262 Å². The van der Waals surface area contributed by atoms with E-state index in [1.807, 2.05) is 39.0 Å². The van der Waals surface area contributed by atoms with Gasteiger partial charge in [-0.15, -0.1) is 0 Å². The van der Waals surface area contributed by atoms with Crippen LogP contribution in [0.1, 0.15) is 56.9 Å². The van der Waals surface area contributed by atoms with E-state index in [9.17, 15) is 22.8 Å². The standard InChI is InChI=1S/C34H30F3N7O2/c1-5-31-39-20(4)29(42-31)15-27-26-9-8-23(14-30(26)43-33(27)46)40-28-13-24(7-6-18(28)2)41-32(45)21-10-22(34(35,36)37)12-25(11-21)44-16-19(3)38-17-44/h6-17,40H,5H2,1-4H3,(H,39,42)(H,41,45)(H,43,46). The number of alkyl halides is 3. The maximum Gasteiger partial charge on any atom is 0.416 e. The number of anilines is 4. The summed E-state index contributed by atoms with van der Waals surface area (Å²) in [6.45, 7) is 7.50. The quantitative estimate of drug-likeness (QED) is 0.139. The highest BCUT2D eigenvalue weighted by Crippen LogP contribution is 2.37. The van der Waals surface area contributed by atoms with Gasteiger partial charge in [-0.05, 0) is 74.9 Å². The van der Waals surface area contributed by atoms with Crippen molar-refractivity contribution in [2.75, 3.05) is 16.0 Å². The van der Waals surface area contributed by atoms with Gasteiger partial charge < -0.3 is 25.5 Å². The van der Waals surface area contributed by atoms with E-state index >= 15 is 0 Å². The van der Waals surface area contributed by atoms with E-state index in [1.165, 1.54) is 17.0 Å². The molecule has 12 heteroatoms. The third-order valence-corrected chi connectivity index (χ3v) is 7.69. The Morgan fingerprint density at radius 1 is 1.02 bits per heavy atom. The molecule has 0 radical (unpaired) electrons. The van der Waals surface area contributed by atoms with Gasteiger partial charge in [-0.25, -0.2) is 9.97 Å². The maximum atomic E-state index is 13.7. The van der Waals surface area contributed by atoms with Crippen molar-refractivity contribution in [2.45, 2.75) is 40.3 Å². The number of carbonyl (C=O) groups excluding carboxylic acids is 2. The third-order valence-electron chi connectivity index (χ3n) is 7.69. The third kappa shape index (κ3) is 6.14. The van der Waals surface area contributed by atoms with E-state index in [0.717, 1.165) is 46.9 Å². The van der Waals surface area contributed by atoms with E-state index in [0.29, 0.717) is 34.0 Å². The Kier molecular flexibility index (Phi) is 7.72. The van der Waals surface area contributed by atoms with Crippen LogP contribution in [0.3, 0.4) is 0 Å². The SMILES string of the molecule is CCc1nc(C)c(C=C2C(=O)Nc3cc(Nc4cc(NC(=O)c5cc(-n6cnc(C)c6)cc(C(F)(F)F)c5)ccc4C)ccc32)[nH]1. The monoisotopic (exact) mass is 625 g/mol. The van der Waals surface area contributed by atoms with Gasteiger partial charge >= 0.3 is 6.18 Å². The molecule has 0 saturated carbocycles. The second-order valence-corrected chi connectivity index (χ2v) is 11.1. The van der Waals surface area contributed by atoms with Crippen LogP contribution in [0.4, 0.5) is 35.9 Å². The summed E-state index contributed by atoms with van der Waals surface area (Å²) in [5.74, 6) is -0.0708. The van der Waals surface area contributed by atoms with Crippen molar-refractivity contribution in [2.24, 2.45) is 0 Å². The second-order valence-electron chi connectivity index (χ2n) is 11.1. The summed E-state index contributed by atoms with van der Waals surface area (Å²) in [5, 5.41) is 8.95. The molecule has 0 fully saturated rings. The van der Waals surface area contributed by atoms with Gasteiger partial charge in [0.1, 0.15) is 5.82 Å². The van der Waals surface area contributed by atoms with Gasteiger partial charge in [0.25, 0.3) is 11.8 Å². The fourth-order valence-corrected chi connectivity index (χ4v) is 5.21. The molecule has 0 atom stereocenters. The summed E-state index contributed by atoms with van der Waals surface area (Å²) in [5.41, 5.74) is 5.82. The van der Waals surface area contributed by atoms with Crippen LogP contribution in [-0.2, 0) is 17.4 Å². The summed E-state index contributed by atoms with van der Waals surface area (Å²) < 4.78 is 42.6. The molecule has 0 spiro atoms. The van der Waals surface area contributed by atoms with Gasteiger partial charge in [-0.1, -0.05) is 19.1 Å². The molecule has 6 rings (SSSR count). The molecule has 0 saturated heterocycles. The number of nitrogens with one attached hydrogen (secondary N) is 4. The first-order chi connectivity index (χ1) is 21.9. The number of hydrogen-bond donors (Lipinski definition) is 4. The van der Waals surface area contributed by atoms with E-state index in [1.54, 1.807) is 37.4 Å². The Balaban J connectivity index is 1.23. The maximum absolute atomic E-state index is 13.7. The minimum atomic E-state index is -4.65. The zero-order chi connectivity index (χ0) is 32.7. The van der Waals surface area contributed by atoms with Crippen molar-refractivity contribution in [1.29, 1.82) is 0 Å². The highest BCUT2D eigenvalue weighted by atomic mass is 19.4. The summed E-state index contributed by atoms with van der Waals surface area (Å²) in [6.07, 6.45) is 0.886. The molecular formula is C34H30F3N7O2. The number of aromatic amines is 1. The van der Waals surface area contributed by atoms with Crippen LogP contribution in [0.2, 0.25) is 0 Å². The topological polar surface area (TPSA) is 117 Å². The average Bonchev–Trinajstić information content (AvgIpc) is 3.70. The van der Waals surface area contributed by atoms with Crippen molar-refractivity contribution in [3.63, 3.8) is 0 Å². The zero-order valence-corrected chi connectivity index (χ0v) is 25.4. The molecule has 46 heavy (non-hydrogen) atoms. The number of aryl methyl sites for hydroxylation is 4. The van der Waals surface area contributed by atoms with Gasteiger partial charge in [-0.3, -0.25) is 9.59 Å². The lowest BCUT2D eigenvalue weighted by Crippen LogP contribution is -2.15. The minimum Gasteiger partial charge on any atom is -0.355 e. The number of halogens is 3. The number of aromatic nitrogens is 4. The second kappa shape index (κ2) is 11.7. The van der Waals surface area contributed by atoms with Crippen molar-refractivity contribution in [3.05, 3.63) is 112 Å². The van der Waals surface area contributed by atoms with Crippen LogP contribution in [0.25, 0.3) is 17.3 Å². The molecule has 2 aromatic heterocycles. The molecule has 234 valence electrons. The Bertz CT molecular complexity index is 2040. The Hall–Kier alpha value is -5.65. The molecule has 3 heterocycles. The zero-order valence-electron chi connectivity index (χ0n) is 25.4. The van der Waals surface area contributed by atoms with Gasteiger partial charge in [0.05, 0.1) is 40.2 Å². The Morgan fingerprint density at radius 3 is 2.50 bits per heavy atom. The number of nitrogens with zero attached hydrogens (tertiary/aromatic N) is 3. The van der Waals surface area contributed by atoms with Crippen molar-refractivity contribution < 1.29 is 22.8 Å². The van der Waals surface area contributed by atoms with Crippen LogP contribution < -0.4 is 16.0 Å². The van der Waals surface area contributed by atoms with Gasteiger partial charge in [-0.2, -0.15) is 13.2 Å². The first-order valence-corrected chi connectivity index (χ1v) is 14.5. The van der Waals surface area contributed by atoms with E-state index < -0.39 is 17.6 Å². The predicted molar refractivity (Wildman–Crippen MR) is 171 cm³/mol. The lowest BCUT2D eigenvalue weighted by atomic mass is 10.0. The van der Waals surface area contributed by atoms with E-state index in [2.05, 4.69) is 30.9 Å². The number of amides is 2. The molecule has 5 aromatic rings. The number of carbonyl (C=O) groups is 2. The highest BCUT2D eigenvalue weighted by Gasteiger charge is 2.32. The van der Waals surface area contributed by atoms with Gasteiger partial charge in [0, 0.05) is 46.5 Å². The molecule has 2 amide bonds. The van der Waals surface area contributed by atoms with Crippen LogP contribution in [0, 0.1) is 20.8 Å². The summed E-state index contributed by atoms with van der Waals surface area (Å²) in [4.78, 5) is 37.9. The molecule has 0 aliphatic carbocycles. The van der Waals surface area contributed by atoms with Crippen LogP contribution in [0.5, 0.6) is 0 Å². The van der Waals surface area contributed by atoms with Gasteiger partial charge in [0.2, 0.25) is 0 Å². The largest absolute Gasteiger partial charge is 0.416 e. The summed E-state index contributed by atoms with van der Waals surface area (Å²) in [7, 11) is 0. The molecular weight excluding hydrogens is 595 g/mol. The lowest BCUT2D eigenvalue weighted by molar-refractivity contribution is -0.137. The van der Waals surface area contributed by atoms with Crippen molar-refractivity contribution >= 4 is 46.2 Å². The molecule has 0 unspecified atom stereocenters. The molecule has 1 aliphatic heterocycles. The summed E-state index contributed by atoms with van der Waals surface area (Å²) in [6, 6.07) is 13.9. The Morgan fingerprint density at radius 2 is 1.80 bits per heavy atom. The van der Waals surface area contributed by atoms with E-state index in [-0.39, 0.29) is 17.2 Å². The van der Waals surface area contributed by atoms with Crippen molar-refractivity contribution in [1.82, 2.24) is 19.5 Å². The highest BCUT2D eigenvalue weighted by molar-refractivity contribution is 6.35. The smallest absolute Gasteiger partial charge is 0.355 e. The number of H-pyrrole nitrogens is 1. The van der Waals surface area contributed by atoms with Crippen LogP contribution >= 0.6 is 0 Å². The first-order valence-electron chi connectivity index (χ1n) is 14.5. The van der Waals surface area contributed by atoms with Gasteiger partial charge in [0.15, 0.2) is 0 Å². The molecule has 4 N–H and O–H groups in total. The summed E-state index contributed by atoms with van der Waals surface area (Å²) >= 11 is 0. The molecule has 1 aliphatic rings. The fraction of sp³-hybridized carbons (Fsp3) is 0.176. The normalized spacial score (nSPS) is 13.5.